The molecule has 0 spiro atoms. The molecular weight excluding hydrogens is 488 g/mol. The standard InChI is InChI=1S/C30H36N8O/c1-20(23-6-5-7-24-25(30(39)31-2)10-13-32-29(23)24)17-33-27-16-26(35-19-36-27)21-8-9-28(34-18-21)38(4)22-11-14-37(3)15-12-22/h5-10,13,16,18-20,22H,11-12,14-15,17H2,1-4H3,(H,31,39)(H,33,35,36)/t20-/m1/s1. The summed E-state index contributed by atoms with van der Waals surface area (Å²) in [5.41, 5.74) is 4.32. The van der Waals surface area contributed by atoms with Gasteiger partial charge in [0.2, 0.25) is 0 Å². The zero-order chi connectivity index (χ0) is 27.4. The number of nitrogens with one attached hydrogen (secondary N) is 2. The molecule has 4 heterocycles. The first-order valence-electron chi connectivity index (χ1n) is 13.5. The number of anilines is 2. The number of carbonyl (C=O) groups excluding carboxylic acids is 1. The number of para-hydroxylation sites is 1. The van der Waals surface area contributed by atoms with E-state index in [1.807, 2.05) is 24.4 Å². The number of likely N-dealkylation sites (tertiary alicyclic amines) is 1. The van der Waals surface area contributed by atoms with Crippen molar-refractivity contribution in [1.82, 2.24) is 30.2 Å². The van der Waals surface area contributed by atoms with E-state index in [1.54, 1.807) is 25.6 Å². The highest BCUT2D eigenvalue weighted by atomic mass is 16.1. The molecule has 1 aliphatic heterocycles. The van der Waals surface area contributed by atoms with Gasteiger partial charge in [0.15, 0.2) is 0 Å². The normalized spacial score (nSPS) is 15.2. The Morgan fingerprint density at radius 1 is 1.10 bits per heavy atom. The van der Waals surface area contributed by atoms with Gasteiger partial charge in [-0.15, -0.1) is 0 Å². The molecule has 1 aliphatic rings. The SMILES string of the molecule is CNC(=O)c1ccnc2c([C@H](C)CNc3cc(-c4ccc(N(C)C5CCN(C)CC5)nc4)ncn3)cccc12. The Morgan fingerprint density at radius 2 is 1.92 bits per heavy atom. The summed E-state index contributed by atoms with van der Waals surface area (Å²) in [6.07, 6.45) is 7.47. The smallest absolute Gasteiger partial charge is 0.251 e. The van der Waals surface area contributed by atoms with Gasteiger partial charge in [0, 0.05) is 62.0 Å². The lowest BCUT2D eigenvalue weighted by atomic mass is 9.96. The summed E-state index contributed by atoms with van der Waals surface area (Å²) in [6.45, 7) is 5.04. The molecule has 5 rings (SSSR count). The second-order valence-corrected chi connectivity index (χ2v) is 10.3. The quantitative estimate of drug-likeness (QED) is 0.354. The second-order valence-electron chi connectivity index (χ2n) is 10.3. The van der Waals surface area contributed by atoms with Gasteiger partial charge in [-0.05, 0) is 56.7 Å². The monoisotopic (exact) mass is 524 g/mol. The van der Waals surface area contributed by atoms with Crippen molar-refractivity contribution in [3.8, 4) is 11.3 Å². The van der Waals surface area contributed by atoms with E-state index < -0.39 is 0 Å². The largest absolute Gasteiger partial charge is 0.369 e. The molecule has 39 heavy (non-hydrogen) atoms. The van der Waals surface area contributed by atoms with Crippen LogP contribution in [-0.4, -0.2) is 77.6 Å². The van der Waals surface area contributed by atoms with E-state index in [9.17, 15) is 4.79 Å². The molecule has 1 amide bonds. The number of pyridine rings is 2. The number of carbonyl (C=O) groups is 1. The van der Waals surface area contributed by atoms with Gasteiger partial charge < -0.3 is 20.4 Å². The molecule has 1 aromatic carbocycles. The van der Waals surface area contributed by atoms with Crippen molar-refractivity contribution >= 4 is 28.4 Å². The van der Waals surface area contributed by atoms with Crippen molar-refractivity contribution in [3.63, 3.8) is 0 Å². The van der Waals surface area contributed by atoms with Crippen molar-refractivity contribution in [2.75, 3.05) is 51.0 Å². The van der Waals surface area contributed by atoms with E-state index in [4.69, 9.17) is 4.98 Å². The van der Waals surface area contributed by atoms with Crippen LogP contribution >= 0.6 is 0 Å². The van der Waals surface area contributed by atoms with Crippen LogP contribution in [0.25, 0.3) is 22.2 Å². The van der Waals surface area contributed by atoms with Gasteiger partial charge in [0.1, 0.15) is 18.0 Å². The van der Waals surface area contributed by atoms with Gasteiger partial charge in [-0.3, -0.25) is 9.78 Å². The molecule has 2 N–H and O–H groups in total. The number of fused-ring (bicyclic) bond motifs is 1. The summed E-state index contributed by atoms with van der Waals surface area (Å²) in [5, 5.41) is 7.01. The van der Waals surface area contributed by atoms with Crippen LogP contribution < -0.4 is 15.5 Å². The molecule has 3 aromatic heterocycles. The first kappa shape index (κ1) is 26.5. The van der Waals surface area contributed by atoms with Gasteiger partial charge in [-0.2, -0.15) is 0 Å². The molecule has 0 radical (unpaired) electrons. The molecule has 0 aliphatic carbocycles. The minimum absolute atomic E-state index is 0.116. The third-order valence-corrected chi connectivity index (χ3v) is 7.70. The summed E-state index contributed by atoms with van der Waals surface area (Å²) in [7, 11) is 5.96. The molecule has 4 aromatic rings. The number of rotatable bonds is 8. The minimum atomic E-state index is -0.116. The number of nitrogens with zero attached hydrogens (tertiary/aromatic N) is 6. The number of amides is 1. The Hall–Kier alpha value is -4.11. The summed E-state index contributed by atoms with van der Waals surface area (Å²) < 4.78 is 0. The Bertz CT molecular complexity index is 1430. The van der Waals surface area contributed by atoms with Crippen LogP contribution in [0, 0.1) is 0 Å². The van der Waals surface area contributed by atoms with Crippen molar-refractivity contribution in [3.05, 3.63) is 72.3 Å². The lowest BCUT2D eigenvalue weighted by Crippen LogP contribution is -2.42. The van der Waals surface area contributed by atoms with Crippen LogP contribution in [0.2, 0.25) is 0 Å². The molecule has 9 nitrogen and oxygen atoms in total. The van der Waals surface area contributed by atoms with Crippen LogP contribution in [0.5, 0.6) is 0 Å². The highest BCUT2D eigenvalue weighted by Crippen LogP contribution is 2.27. The number of aromatic nitrogens is 4. The van der Waals surface area contributed by atoms with Gasteiger partial charge in [0.25, 0.3) is 5.91 Å². The summed E-state index contributed by atoms with van der Waals surface area (Å²) >= 11 is 0. The number of hydrogen-bond acceptors (Lipinski definition) is 8. The average Bonchev–Trinajstić information content (AvgIpc) is 2.99. The van der Waals surface area contributed by atoms with Crippen LogP contribution in [0.4, 0.5) is 11.6 Å². The third-order valence-electron chi connectivity index (χ3n) is 7.70. The maximum absolute atomic E-state index is 12.3. The molecule has 0 unspecified atom stereocenters. The molecule has 1 atom stereocenters. The molecule has 202 valence electrons. The lowest BCUT2D eigenvalue weighted by Gasteiger charge is -2.35. The minimum Gasteiger partial charge on any atom is -0.369 e. The average molecular weight is 525 g/mol. The predicted octanol–water partition coefficient (Wildman–Crippen LogP) is 4.19. The maximum Gasteiger partial charge on any atom is 0.251 e. The van der Waals surface area contributed by atoms with E-state index in [0.717, 1.165) is 65.3 Å². The van der Waals surface area contributed by atoms with Crippen LogP contribution in [-0.2, 0) is 0 Å². The van der Waals surface area contributed by atoms with Crippen molar-refractivity contribution in [2.24, 2.45) is 0 Å². The highest BCUT2D eigenvalue weighted by Gasteiger charge is 2.21. The molecule has 0 saturated carbocycles. The molecule has 1 fully saturated rings. The maximum atomic E-state index is 12.3. The van der Waals surface area contributed by atoms with E-state index in [1.165, 1.54) is 0 Å². The van der Waals surface area contributed by atoms with Crippen molar-refractivity contribution < 1.29 is 4.79 Å². The first-order valence-corrected chi connectivity index (χ1v) is 13.5. The van der Waals surface area contributed by atoms with Crippen LogP contribution in [0.1, 0.15) is 41.6 Å². The Labute approximate surface area is 229 Å². The van der Waals surface area contributed by atoms with Gasteiger partial charge in [-0.25, -0.2) is 15.0 Å². The fraction of sp³-hybridized carbons (Fsp3) is 0.367. The molecule has 9 heteroatoms. The number of hydrogen-bond donors (Lipinski definition) is 2. The highest BCUT2D eigenvalue weighted by molar-refractivity contribution is 6.06. The fourth-order valence-corrected chi connectivity index (χ4v) is 5.22. The van der Waals surface area contributed by atoms with Crippen LogP contribution in [0.3, 0.4) is 0 Å². The molecule has 0 bridgehead atoms. The lowest BCUT2D eigenvalue weighted by molar-refractivity contribution is 0.0964. The topological polar surface area (TPSA) is 99.2 Å². The summed E-state index contributed by atoms with van der Waals surface area (Å²) in [4.78, 5) is 35.3. The van der Waals surface area contributed by atoms with Gasteiger partial charge in [0.05, 0.1) is 16.8 Å². The zero-order valence-corrected chi connectivity index (χ0v) is 23.1. The summed E-state index contributed by atoms with van der Waals surface area (Å²) in [6, 6.07) is 14.4. The van der Waals surface area contributed by atoms with E-state index in [2.05, 4.69) is 74.6 Å². The Morgan fingerprint density at radius 3 is 2.67 bits per heavy atom. The fourth-order valence-electron chi connectivity index (χ4n) is 5.22. The molecular formula is C30H36N8O. The predicted molar refractivity (Wildman–Crippen MR) is 156 cm³/mol. The second kappa shape index (κ2) is 11.7. The van der Waals surface area contributed by atoms with Gasteiger partial charge in [-0.1, -0.05) is 25.1 Å². The Kier molecular flexibility index (Phi) is 7.97. The summed E-state index contributed by atoms with van der Waals surface area (Å²) in [5.74, 6) is 1.75. The van der Waals surface area contributed by atoms with Crippen LogP contribution in [0.15, 0.2) is 61.2 Å². The van der Waals surface area contributed by atoms with E-state index >= 15 is 0 Å². The Balaban J connectivity index is 1.27. The third kappa shape index (κ3) is 5.83. The van der Waals surface area contributed by atoms with Crippen molar-refractivity contribution in [1.29, 1.82) is 0 Å². The zero-order valence-electron chi connectivity index (χ0n) is 23.1. The number of benzene rings is 1. The van der Waals surface area contributed by atoms with Gasteiger partial charge >= 0.3 is 0 Å². The van der Waals surface area contributed by atoms with E-state index in [-0.39, 0.29) is 11.8 Å². The molecule has 1 saturated heterocycles. The van der Waals surface area contributed by atoms with Crippen molar-refractivity contribution in [2.45, 2.75) is 31.7 Å². The first-order chi connectivity index (χ1) is 18.9. The number of piperidine rings is 1. The van der Waals surface area contributed by atoms with E-state index in [0.29, 0.717) is 18.2 Å².